The fourth-order valence-corrected chi connectivity index (χ4v) is 4.09. The van der Waals surface area contributed by atoms with Gasteiger partial charge in [0, 0.05) is 41.2 Å². The molecule has 1 atom stereocenters. The van der Waals surface area contributed by atoms with Crippen LogP contribution in [0.5, 0.6) is 11.5 Å². The smallest absolute Gasteiger partial charge is 0.225 e. The number of rotatable bonds is 4. The number of aromatic hydroxyl groups is 1. The van der Waals surface area contributed by atoms with Crippen LogP contribution in [0.25, 0.3) is 10.4 Å². The zero-order valence-corrected chi connectivity index (χ0v) is 16.6. The number of hydrogen-bond donors (Lipinski definition) is 2. The third kappa shape index (κ3) is 4.60. The molecule has 0 spiro atoms. The highest BCUT2D eigenvalue weighted by Gasteiger charge is 2.24. The van der Waals surface area contributed by atoms with Gasteiger partial charge in [-0.15, -0.1) is 11.3 Å². The Labute approximate surface area is 162 Å². The van der Waals surface area contributed by atoms with Crippen molar-refractivity contribution in [3.63, 3.8) is 0 Å². The van der Waals surface area contributed by atoms with E-state index in [-0.39, 0.29) is 30.0 Å². The van der Waals surface area contributed by atoms with Crippen LogP contribution in [0.3, 0.4) is 0 Å². The van der Waals surface area contributed by atoms with Crippen LogP contribution in [-0.4, -0.2) is 41.0 Å². The van der Waals surface area contributed by atoms with E-state index in [1.807, 2.05) is 32.0 Å². The first-order valence-electron chi connectivity index (χ1n) is 8.94. The molecule has 3 rings (SSSR count). The van der Waals surface area contributed by atoms with E-state index >= 15 is 0 Å². The number of nitrogens with one attached hydrogen (secondary N) is 1. The van der Waals surface area contributed by atoms with Gasteiger partial charge in [0.25, 0.3) is 0 Å². The fraction of sp³-hybridized carbons (Fsp3) is 0.400. The number of carbonyl (C=O) groups excluding carboxylic acids is 2. The van der Waals surface area contributed by atoms with Gasteiger partial charge in [-0.2, -0.15) is 0 Å². The van der Waals surface area contributed by atoms with Crippen molar-refractivity contribution in [1.29, 1.82) is 0 Å². The number of carbonyl (C=O) groups is 2. The van der Waals surface area contributed by atoms with Gasteiger partial charge in [-0.25, -0.2) is 0 Å². The van der Waals surface area contributed by atoms with Gasteiger partial charge >= 0.3 is 0 Å². The lowest BCUT2D eigenvalue weighted by molar-refractivity contribution is -0.132. The lowest BCUT2D eigenvalue weighted by Gasteiger charge is -2.22. The summed E-state index contributed by atoms with van der Waals surface area (Å²) in [4.78, 5) is 27.8. The van der Waals surface area contributed by atoms with Gasteiger partial charge in [0.05, 0.1) is 6.54 Å². The zero-order chi connectivity index (χ0) is 19.6. The molecule has 144 valence electrons. The topological polar surface area (TPSA) is 78.9 Å². The van der Waals surface area contributed by atoms with Crippen molar-refractivity contribution in [3.05, 3.63) is 34.7 Å². The van der Waals surface area contributed by atoms with Gasteiger partial charge < -0.3 is 20.1 Å². The molecule has 1 aromatic carbocycles. The molecule has 1 aliphatic heterocycles. The summed E-state index contributed by atoms with van der Waals surface area (Å²) < 4.78 is 5.72. The number of amides is 2. The number of thiophene rings is 1. The van der Waals surface area contributed by atoms with Crippen LogP contribution in [0.2, 0.25) is 0 Å². The van der Waals surface area contributed by atoms with E-state index in [0.29, 0.717) is 25.4 Å². The summed E-state index contributed by atoms with van der Waals surface area (Å²) in [7, 11) is 0. The molecule has 0 saturated heterocycles. The summed E-state index contributed by atoms with van der Waals surface area (Å²) in [5.74, 6) is 0.330. The van der Waals surface area contributed by atoms with E-state index in [2.05, 4.69) is 5.32 Å². The van der Waals surface area contributed by atoms with Crippen LogP contribution in [0.15, 0.2) is 24.3 Å². The molecule has 0 fully saturated rings. The molecule has 2 aromatic rings. The average Bonchev–Trinajstić information content (AvgIpc) is 2.88. The molecule has 0 aliphatic carbocycles. The number of phenols is 1. The number of ether oxygens (including phenoxy) is 1. The Morgan fingerprint density at radius 3 is 2.81 bits per heavy atom. The predicted molar refractivity (Wildman–Crippen MR) is 105 cm³/mol. The van der Waals surface area contributed by atoms with E-state index in [4.69, 9.17) is 4.74 Å². The highest BCUT2D eigenvalue weighted by molar-refractivity contribution is 7.15. The largest absolute Gasteiger partial charge is 0.504 e. The van der Waals surface area contributed by atoms with Crippen LogP contribution in [-0.2, 0) is 16.1 Å². The van der Waals surface area contributed by atoms with E-state index in [1.165, 1.54) is 11.8 Å². The molecule has 0 radical (unpaired) electrons. The van der Waals surface area contributed by atoms with Crippen LogP contribution < -0.4 is 10.1 Å². The monoisotopic (exact) mass is 388 g/mol. The first kappa shape index (κ1) is 19.2. The molecule has 6 nitrogen and oxygen atoms in total. The van der Waals surface area contributed by atoms with E-state index in [9.17, 15) is 14.7 Å². The van der Waals surface area contributed by atoms with Crippen molar-refractivity contribution in [2.24, 2.45) is 0 Å². The Kier molecular flexibility index (Phi) is 5.70. The van der Waals surface area contributed by atoms with Crippen molar-refractivity contribution in [1.82, 2.24) is 10.2 Å². The minimum absolute atomic E-state index is 0.0513. The average molecular weight is 388 g/mol. The lowest BCUT2D eigenvalue weighted by atomic mass is 10.1. The summed E-state index contributed by atoms with van der Waals surface area (Å²) in [6.45, 7) is 6.41. The number of hydrogen-bond acceptors (Lipinski definition) is 5. The van der Waals surface area contributed by atoms with Gasteiger partial charge in [0.15, 0.2) is 11.5 Å². The van der Waals surface area contributed by atoms with Crippen molar-refractivity contribution >= 4 is 23.2 Å². The minimum atomic E-state index is -0.229. The second-order valence-electron chi connectivity index (χ2n) is 6.86. The normalized spacial score (nSPS) is 14.7. The Morgan fingerprint density at radius 1 is 1.37 bits per heavy atom. The Bertz CT molecular complexity index is 862. The number of phenolic OH excluding ortho intramolecular Hbond substituents is 1. The second kappa shape index (κ2) is 8.00. The number of fused-ring (bicyclic) bond motifs is 1. The summed E-state index contributed by atoms with van der Waals surface area (Å²) in [5.41, 5.74) is 1.70. The molecule has 2 heterocycles. The molecule has 27 heavy (non-hydrogen) atoms. The zero-order valence-electron chi connectivity index (χ0n) is 15.7. The predicted octanol–water partition coefficient (Wildman–Crippen LogP) is 3.06. The summed E-state index contributed by atoms with van der Waals surface area (Å²) in [6, 6.07) is 7.52. The molecule has 0 saturated carbocycles. The minimum Gasteiger partial charge on any atom is -0.504 e. The molecule has 2 amide bonds. The van der Waals surface area contributed by atoms with Crippen LogP contribution in [0.1, 0.15) is 30.7 Å². The Hall–Kier alpha value is -2.54. The molecular weight excluding hydrogens is 364 g/mol. The lowest BCUT2D eigenvalue weighted by Crippen LogP contribution is -2.39. The SMILES string of the molecule is CC(=O)NC(C)CC(=O)N1CCOc2c(O)cc(-c3ccc(C)s3)cc2C1. The number of benzene rings is 1. The third-order valence-corrected chi connectivity index (χ3v) is 5.47. The van der Waals surface area contributed by atoms with Crippen molar-refractivity contribution in [2.45, 2.75) is 39.8 Å². The summed E-state index contributed by atoms with van der Waals surface area (Å²) >= 11 is 1.65. The van der Waals surface area contributed by atoms with Gasteiger partial charge in [-0.3, -0.25) is 9.59 Å². The van der Waals surface area contributed by atoms with Gasteiger partial charge in [0.1, 0.15) is 6.61 Å². The van der Waals surface area contributed by atoms with Crippen molar-refractivity contribution in [3.8, 4) is 21.9 Å². The van der Waals surface area contributed by atoms with Gasteiger partial charge in [0.2, 0.25) is 11.8 Å². The van der Waals surface area contributed by atoms with Crippen molar-refractivity contribution in [2.75, 3.05) is 13.2 Å². The molecule has 1 aromatic heterocycles. The van der Waals surface area contributed by atoms with Gasteiger partial charge in [-0.1, -0.05) is 0 Å². The first-order chi connectivity index (χ1) is 12.8. The van der Waals surface area contributed by atoms with Crippen molar-refractivity contribution < 1.29 is 19.4 Å². The highest BCUT2D eigenvalue weighted by Crippen LogP contribution is 2.39. The Morgan fingerprint density at radius 2 is 2.15 bits per heavy atom. The van der Waals surface area contributed by atoms with Crippen LogP contribution in [0.4, 0.5) is 0 Å². The molecule has 1 unspecified atom stereocenters. The standard InChI is InChI=1S/C20H24N2O4S/c1-12(21-14(3)23)8-19(25)22-6-7-26-20-16(11-22)9-15(10-17(20)24)18-5-4-13(2)27-18/h4-5,9-10,12,24H,6-8,11H2,1-3H3,(H,21,23). The highest BCUT2D eigenvalue weighted by atomic mass is 32.1. The molecule has 2 N–H and O–H groups in total. The summed E-state index contributed by atoms with van der Waals surface area (Å²) in [5, 5.41) is 13.2. The number of nitrogens with zero attached hydrogens (tertiary/aromatic N) is 1. The third-order valence-electron chi connectivity index (χ3n) is 4.42. The molecule has 0 bridgehead atoms. The first-order valence-corrected chi connectivity index (χ1v) is 9.75. The maximum absolute atomic E-state index is 12.7. The van der Waals surface area contributed by atoms with E-state index in [0.717, 1.165) is 16.0 Å². The molecule has 1 aliphatic rings. The van der Waals surface area contributed by atoms with Crippen LogP contribution >= 0.6 is 11.3 Å². The van der Waals surface area contributed by atoms with E-state index in [1.54, 1.807) is 22.3 Å². The van der Waals surface area contributed by atoms with Crippen LogP contribution in [0, 0.1) is 6.92 Å². The molecular formula is C20H24N2O4S. The van der Waals surface area contributed by atoms with Gasteiger partial charge in [-0.05, 0) is 43.7 Å². The maximum Gasteiger partial charge on any atom is 0.225 e. The fourth-order valence-electron chi connectivity index (χ4n) is 3.23. The Balaban J connectivity index is 1.82. The summed E-state index contributed by atoms with van der Waals surface area (Å²) in [6.07, 6.45) is 0.227. The van der Waals surface area contributed by atoms with E-state index < -0.39 is 0 Å². The molecule has 7 heteroatoms. The maximum atomic E-state index is 12.7. The number of aryl methyl sites for hydroxylation is 1. The second-order valence-corrected chi connectivity index (χ2v) is 8.15. The quantitative estimate of drug-likeness (QED) is 0.844.